The number of nitrogens with zero attached hydrogens (tertiary/aromatic N) is 6. The average Bonchev–Trinajstić information content (AvgIpc) is 4.12. The Kier molecular flexibility index (Phi) is 8.49. The van der Waals surface area contributed by atoms with Crippen molar-refractivity contribution in [3.05, 3.63) is 117 Å². The molecule has 12 heteroatoms. The minimum atomic E-state index is -0.799. The first kappa shape index (κ1) is 46.0. The molecule has 0 unspecified atom stereocenters. The second-order valence-electron chi connectivity index (χ2n) is 25.7. The fraction of sp³-hybridized carbons (Fsp3) is 0.400. The van der Waals surface area contributed by atoms with E-state index in [0.717, 1.165) is 133 Å². The smallest absolute Gasteiger partial charge is 0.0737 e. The predicted molar refractivity (Wildman–Crippen MR) is 279 cm³/mol. The van der Waals surface area contributed by atoms with Crippen LogP contribution in [-0.4, -0.2) is 40.2 Å². The fourth-order valence-electron chi connectivity index (χ4n) is 14.4. The summed E-state index contributed by atoms with van der Waals surface area (Å²) in [5.74, 6) is 0. The summed E-state index contributed by atoms with van der Waals surface area (Å²) in [4.78, 5) is 18.8. The topological polar surface area (TPSA) is 150 Å². The monoisotopic (exact) mass is 958 g/mol. The lowest BCUT2D eigenvalue weighted by Gasteiger charge is -2.32. The number of benzene rings is 4. The van der Waals surface area contributed by atoms with Crippen molar-refractivity contribution >= 4 is 43.6 Å². The Morgan fingerprint density at radius 3 is 0.625 bits per heavy atom. The van der Waals surface area contributed by atoms with E-state index in [1.54, 1.807) is 0 Å². The minimum absolute atomic E-state index is 0.736. The number of nitrogens with one attached hydrogen (secondary N) is 2. The molecule has 12 nitrogen and oxygen atoms in total. The quantitative estimate of drug-likeness (QED) is 0.154. The highest BCUT2D eigenvalue weighted by atomic mass is 16.5. The fourth-order valence-corrected chi connectivity index (χ4v) is 14.4. The van der Waals surface area contributed by atoms with Gasteiger partial charge in [0.15, 0.2) is 0 Å². The number of hydroxylamine groups is 8. The number of hydrogen-bond donors (Lipinski definition) is 2. The number of aromatic amines is 2. The molecular weight excluding hydrogens is 897 g/mol. The van der Waals surface area contributed by atoms with Crippen LogP contribution in [0.25, 0.3) is 88.6 Å². The summed E-state index contributed by atoms with van der Waals surface area (Å²) >= 11 is 0. The molecule has 0 saturated heterocycles. The largest absolute Gasteiger partial charge is 0.354 e. The lowest BCUT2D eigenvalue weighted by Crippen LogP contribution is -2.41. The predicted octanol–water partition coefficient (Wildman–Crippen LogP) is 13.8. The molecule has 0 saturated carbocycles. The summed E-state index contributed by atoms with van der Waals surface area (Å²) in [6, 6.07) is 25.9. The standard InChI is InChI=1S/C60H62N8O4/c1-53(2)37-17-29-30(18-38(37)54(3,4)65(53)69)46-26-48-33-21-41-42(58(11,12)67(71)57(41,9)10)22-34(33)50(63-48)28-52-36-24-44-43(59(13,14)68(72)60(44,15)16)23-35(36)51(64-52)27-49-32-20-40-39(55(5,6)66(70)56(40,7)8)19-31(32)47(62-49)25-45(29)61-46/h17-28,61,64H,1-16H3. The van der Waals surface area contributed by atoms with E-state index < -0.39 is 44.3 Å². The summed E-state index contributed by atoms with van der Waals surface area (Å²) in [6.07, 6.45) is 0. The van der Waals surface area contributed by atoms with Crippen LogP contribution in [-0.2, 0) is 65.1 Å². The van der Waals surface area contributed by atoms with Gasteiger partial charge in [0.25, 0.3) is 0 Å². The number of H-pyrrole nitrogens is 2. The van der Waals surface area contributed by atoms with Crippen LogP contribution in [0, 0.1) is 0 Å². The molecule has 3 aromatic heterocycles. The summed E-state index contributed by atoms with van der Waals surface area (Å²) in [5.41, 5.74) is 11.2. The van der Waals surface area contributed by atoms with Gasteiger partial charge in [-0.15, -0.1) is 41.1 Å². The number of hydrogen-bond acceptors (Lipinski definition) is 6. The van der Waals surface area contributed by atoms with E-state index in [2.05, 4.69) is 82.8 Å². The van der Waals surface area contributed by atoms with Crippen molar-refractivity contribution in [1.82, 2.24) is 40.2 Å². The lowest BCUT2D eigenvalue weighted by molar-refractivity contribution is -0.266. The van der Waals surface area contributed by atoms with Gasteiger partial charge < -0.3 is 9.97 Å². The number of fused-ring (bicyclic) bond motifs is 24. The highest BCUT2D eigenvalue weighted by Crippen LogP contribution is 2.56. The van der Waals surface area contributed by atoms with E-state index in [4.69, 9.17) is 9.97 Å². The molecule has 8 bridgehead atoms. The normalized spacial score (nSPS) is 22.3. The molecule has 366 valence electrons. The first-order valence-electron chi connectivity index (χ1n) is 25.3. The molecule has 13 rings (SSSR count). The highest BCUT2D eigenvalue weighted by Gasteiger charge is 2.54. The SMILES string of the molecule is CC1(C)c2cc3c(cc2C(C)(C)N1[O])-c1cc2[nH]c(cc4nc(cc5[nH]c(cc-3n1)c1cc3c(cc51)C(C)(C)N([O])C3(C)C)-c1cc3c(cc1-4)C(C)(C)N([O])C3(C)C)c1cc3c(cc21)C(C)(C)N([O])C3(C)C. The minimum Gasteiger partial charge on any atom is -0.354 e. The molecule has 0 aliphatic carbocycles. The second kappa shape index (κ2) is 13.3. The van der Waals surface area contributed by atoms with Gasteiger partial charge in [-0.25, -0.2) is 9.97 Å². The maximum absolute atomic E-state index is 14.2. The van der Waals surface area contributed by atoms with Gasteiger partial charge in [0, 0.05) is 65.9 Å². The molecule has 6 aliphatic heterocycles. The van der Waals surface area contributed by atoms with Crippen LogP contribution in [0.15, 0.2) is 72.8 Å². The van der Waals surface area contributed by atoms with E-state index in [-0.39, 0.29) is 0 Å². The number of aromatic nitrogens is 4. The van der Waals surface area contributed by atoms with Crippen molar-refractivity contribution in [2.75, 3.05) is 0 Å². The molecule has 0 amide bonds. The van der Waals surface area contributed by atoms with Crippen LogP contribution in [0.5, 0.6) is 0 Å². The van der Waals surface area contributed by atoms with Crippen LogP contribution in [0.2, 0.25) is 0 Å². The third-order valence-electron chi connectivity index (χ3n) is 18.4. The van der Waals surface area contributed by atoms with E-state index in [1.807, 2.05) is 111 Å². The van der Waals surface area contributed by atoms with Gasteiger partial charge in [0.2, 0.25) is 0 Å². The Balaban J connectivity index is 1.22. The van der Waals surface area contributed by atoms with E-state index in [9.17, 15) is 20.8 Å². The van der Waals surface area contributed by atoms with Gasteiger partial charge in [-0.05, 0) is 228 Å². The van der Waals surface area contributed by atoms with Crippen molar-refractivity contribution in [1.29, 1.82) is 0 Å². The Hall–Kier alpha value is -5.80. The summed E-state index contributed by atoms with van der Waals surface area (Å²) < 4.78 is 0. The van der Waals surface area contributed by atoms with E-state index >= 15 is 0 Å². The van der Waals surface area contributed by atoms with Gasteiger partial charge in [-0.3, -0.25) is 0 Å². The van der Waals surface area contributed by atoms with Crippen LogP contribution in [0.3, 0.4) is 0 Å². The number of rotatable bonds is 0. The maximum atomic E-state index is 14.2. The van der Waals surface area contributed by atoms with Crippen LogP contribution >= 0.6 is 0 Å². The second-order valence-corrected chi connectivity index (χ2v) is 25.7. The van der Waals surface area contributed by atoms with Gasteiger partial charge in [0.1, 0.15) is 0 Å². The van der Waals surface area contributed by atoms with Gasteiger partial charge in [0.05, 0.1) is 67.1 Å². The van der Waals surface area contributed by atoms with Crippen LogP contribution in [0.1, 0.15) is 155 Å². The van der Waals surface area contributed by atoms with Gasteiger partial charge in [-0.2, -0.15) is 0 Å². The zero-order valence-corrected chi connectivity index (χ0v) is 44.2. The first-order chi connectivity index (χ1) is 33.3. The van der Waals surface area contributed by atoms with Crippen LogP contribution < -0.4 is 0 Å². The maximum Gasteiger partial charge on any atom is 0.0737 e. The molecular formula is C60H62N8O4. The molecule has 4 radical (unpaired) electrons. The molecule has 6 aliphatic rings. The zero-order valence-electron chi connectivity index (χ0n) is 44.2. The Bertz CT molecular complexity index is 3380. The van der Waals surface area contributed by atoms with Crippen molar-refractivity contribution in [3.63, 3.8) is 0 Å². The van der Waals surface area contributed by atoms with Crippen LogP contribution in [0.4, 0.5) is 0 Å². The zero-order chi connectivity index (χ0) is 51.5. The van der Waals surface area contributed by atoms with Crippen molar-refractivity contribution in [2.24, 2.45) is 0 Å². The molecule has 72 heavy (non-hydrogen) atoms. The summed E-state index contributed by atoms with van der Waals surface area (Å²) in [5, 5.41) is 65.2. The van der Waals surface area contributed by atoms with Gasteiger partial charge in [-0.1, -0.05) is 0 Å². The third-order valence-corrected chi connectivity index (χ3v) is 18.4. The lowest BCUT2D eigenvalue weighted by atomic mass is 9.86. The third kappa shape index (κ3) is 5.39. The Morgan fingerprint density at radius 2 is 0.444 bits per heavy atom. The van der Waals surface area contributed by atoms with Crippen molar-refractivity contribution in [3.8, 4) is 45.0 Å². The molecule has 9 heterocycles. The summed E-state index contributed by atoms with van der Waals surface area (Å²) in [7, 11) is 0. The first-order valence-corrected chi connectivity index (χ1v) is 25.3. The summed E-state index contributed by atoms with van der Waals surface area (Å²) in [6.45, 7) is 31.9. The molecule has 0 fully saturated rings. The van der Waals surface area contributed by atoms with E-state index in [0.29, 0.717) is 0 Å². The average molecular weight is 959 g/mol. The van der Waals surface area contributed by atoms with E-state index in [1.165, 1.54) is 20.3 Å². The highest BCUT2D eigenvalue weighted by molar-refractivity contribution is 6.11. The van der Waals surface area contributed by atoms with Crippen molar-refractivity contribution < 1.29 is 20.8 Å². The molecule has 0 atom stereocenters. The molecule has 0 spiro atoms. The van der Waals surface area contributed by atoms with Gasteiger partial charge >= 0.3 is 0 Å². The molecule has 7 aromatic rings. The van der Waals surface area contributed by atoms with Crippen molar-refractivity contribution in [2.45, 2.75) is 155 Å². The Morgan fingerprint density at radius 1 is 0.278 bits per heavy atom. The molecule has 2 N–H and O–H groups in total. The Labute approximate surface area is 420 Å². The molecule has 4 aromatic carbocycles.